The van der Waals surface area contributed by atoms with Crippen LogP contribution in [0, 0.1) is 11.3 Å². The number of carbonyl (C=O) groups is 1. The van der Waals surface area contributed by atoms with Gasteiger partial charge in [0, 0.05) is 44.9 Å². The molecule has 0 bridgehead atoms. The lowest BCUT2D eigenvalue weighted by molar-refractivity contribution is -0.158. The number of piperazine rings is 1. The van der Waals surface area contributed by atoms with Gasteiger partial charge in [0.15, 0.2) is 0 Å². The minimum absolute atomic E-state index is 0.0665. The number of nitrogens with two attached hydrogens (primary N) is 1. The molecule has 0 radical (unpaired) electrons. The Hall–Kier alpha value is -0.650. The zero-order valence-corrected chi connectivity index (χ0v) is 13.9. The summed E-state index contributed by atoms with van der Waals surface area (Å²) in [6.45, 7) is 7.88. The predicted octanol–water partition coefficient (Wildman–Crippen LogP) is 1.12. The summed E-state index contributed by atoms with van der Waals surface area (Å²) < 4.78 is 5.60. The second-order valence-electron chi connectivity index (χ2n) is 7.45. The van der Waals surface area contributed by atoms with Crippen LogP contribution in [0.25, 0.3) is 0 Å². The molecule has 5 nitrogen and oxygen atoms in total. The van der Waals surface area contributed by atoms with Crippen LogP contribution in [0.15, 0.2) is 0 Å². The number of hydrogen-bond acceptors (Lipinski definition) is 4. The van der Waals surface area contributed by atoms with Gasteiger partial charge in [0.2, 0.25) is 5.91 Å². The maximum atomic E-state index is 12.5. The Bertz CT molecular complexity index is 385. The lowest BCUT2D eigenvalue weighted by Crippen LogP contribution is -2.71. The fraction of sp³-hybridized carbons (Fsp3) is 0.941. The Morgan fingerprint density at radius 3 is 2.45 bits per heavy atom. The Labute approximate surface area is 133 Å². The van der Waals surface area contributed by atoms with E-state index in [9.17, 15) is 4.79 Å². The average molecular weight is 309 g/mol. The van der Waals surface area contributed by atoms with Crippen molar-refractivity contribution in [2.45, 2.75) is 51.0 Å². The number of nitrogens with zero attached hydrogens (tertiary/aromatic N) is 1. The van der Waals surface area contributed by atoms with Gasteiger partial charge in [0.25, 0.3) is 0 Å². The summed E-state index contributed by atoms with van der Waals surface area (Å²) in [5.41, 5.74) is 5.50. The van der Waals surface area contributed by atoms with Gasteiger partial charge in [0.1, 0.15) is 0 Å². The van der Waals surface area contributed by atoms with E-state index in [1.54, 1.807) is 0 Å². The van der Waals surface area contributed by atoms with Gasteiger partial charge in [-0.05, 0) is 38.5 Å². The first-order chi connectivity index (χ1) is 10.6. The number of ether oxygens (including phenoxy) is 1. The Kier molecular flexibility index (Phi) is 4.76. The highest BCUT2D eigenvalue weighted by atomic mass is 16.5. The quantitative estimate of drug-likeness (QED) is 0.820. The van der Waals surface area contributed by atoms with Gasteiger partial charge in [-0.25, -0.2) is 0 Å². The van der Waals surface area contributed by atoms with Crippen molar-refractivity contribution in [2.75, 3.05) is 39.4 Å². The van der Waals surface area contributed by atoms with Crippen molar-refractivity contribution in [1.82, 2.24) is 10.2 Å². The van der Waals surface area contributed by atoms with E-state index in [-0.39, 0.29) is 11.4 Å². The van der Waals surface area contributed by atoms with E-state index < -0.39 is 5.41 Å². The SMILES string of the molecule is CC1(C(N)=O)CCCCC1(C1CCOCC1)N1CCNCC1. The molecule has 2 heterocycles. The number of primary amides is 1. The van der Waals surface area contributed by atoms with Gasteiger partial charge in [0.05, 0.1) is 5.41 Å². The predicted molar refractivity (Wildman–Crippen MR) is 86.5 cm³/mol. The molecule has 3 N–H and O–H groups in total. The third-order valence-corrected chi connectivity index (χ3v) is 6.56. The molecule has 2 aliphatic heterocycles. The van der Waals surface area contributed by atoms with Gasteiger partial charge >= 0.3 is 0 Å². The number of nitrogens with one attached hydrogen (secondary N) is 1. The summed E-state index contributed by atoms with van der Waals surface area (Å²) in [4.78, 5) is 15.1. The molecule has 3 fully saturated rings. The first kappa shape index (κ1) is 16.2. The molecule has 5 heteroatoms. The fourth-order valence-corrected chi connectivity index (χ4v) is 5.36. The summed E-state index contributed by atoms with van der Waals surface area (Å²) in [6, 6.07) is 0. The molecule has 0 spiro atoms. The number of hydrogen-bond donors (Lipinski definition) is 2. The second kappa shape index (κ2) is 6.46. The van der Waals surface area contributed by atoms with Crippen molar-refractivity contribution < 1.29 is 9.53 Å². The van der Waals surface area contributed by atoms with Crippen molar-refractivity contribution in [3.8, 4) is 0 Å². The van der Waals surface area contributed by atoms with Crippen LogP contribution in [-0.4, -0.2) is 55.7 Å². The molecule has 126 valence electrons. The number of amides is 1. The molecular weight excluding hydrogens is 278 g/mol. The summed E-state index contributed by atoms with van der Waals surface area (Å²) >= 11 is 0. The third-order valence-electron chi connectivity index (χ3n) is 6.56. The highest BCUT2D eigenvalue weighted by molar-refractivity contribution is 5.82. The molecule has 1 aliphatic carbocycles. The molecular formula is C17H31N3O2. The van der Waals surface area contributed by atoms with E-state index >= 15 is 0 Å². The molecule has 1 saturated carbocycles. The van der Waals surface area contributed by atoms with E-state index in [4.69, 9.17) is 10.5 Å². The molecule has 2 atom stereocenters. The van der Waals surface area contributed by atoms with Gasteiger partial charge in [-0.1, -0.05) is 12.8 Å². The largest absolute Gasteiger partial charge is 0.381 e. The molecule has 22 heavy (non-hydrogen) atoms. The van der Waals surface area contributed by atoms with Gasteiger partial charge in [-0.15, -0.1) is 0 Å². The van der Waals surface area contributed by atoms with Crippen LogP contribution in [0.2, 0.25) is 0 Å². The van der Waals surface area contributed by atoms with Crippen LogP contribution in [0.1, 0.15) is 45.4 Å². The van der Waals surface area contributed by atoms with Crippen molar-refractivity contribution in [2.24, 2.45) is 17.1 Å². The van der Waals surface area contributed by atoms with Crippen LogP contribution in [0.3, 0.4) is 0 Å². The first-order valence-corrected chi connectivity index (χ1v) is 8.95. The Balaban J connectivity index is 2.01. The van der Waals surface area contributed by atoms with E-state index in [1.807, 2.05) is 0 Å². The fourth-order valence-electron chi connectivity index (χ4n) is 5.36. The first-order valence-electron chi connectivity index (χ1n) is 8.95. The van der Waals surface area contributed by atoms with Crippen LogP contribution in [0.4, 0.5) is 0 Å². The van der Waals surface area contributed by atoms with E-state index in [2.05, 4.69) is 17.1 Å². The highest BCUT2D eigenvalue weighted by Crippen LogP contribution is 2.54. The maximum absolute atomic E-state index is 12.5. The zero-order valence-electron chi connectivity index (χ0n) is 13.9. The lowest BCUT2D eigenvalue weighted by Gasteiger charge is -2.61. The van der Waals surface area contributed by atoms with E-state index in [0.717, 1.165) is 71.5 Å². The smallest absolute Gasteiger partial charge is 0.225 e. The lowest BCUT2D eigenvalue weighted by atomic mass is 9.54. The maximum Gasteiger partial charge on any atom is 0.225 e. The van der Waals surface area contributed by atoms with Crippen LogP contribution < -0.4 is 11.1 Å². The minimum Gasteiger partial charge on any atom is -0.381 e. The van der Waals surface area contributed by atoms with Crippen molar-refractivity contribution in [1.29, 1.82) is 0 Å². The van der Waals surface area contributed by atoms with E-state index in [0.29, 0.717) is 5.92 Å². The molecule has 3 rings (SSSR count). The Morgan fingerprint density at radius 2 is 1.82 bits per heavy atom. The molecule has 0 aromatic carbocycles. The van der Waals surface area contributed by atoms with Gasteiger partial charge in [-0.3, -0.25) is 9.69 Å². The van der Waals surface area contributed by atoms with Crippen molar-refractivity contribution in [3.63, 3.8) is 0 Å². The summed E-state index contributed by atoms with van der Waals surface area (Å²) in [7, 11) is 0. The standard InChI is InChI=1S/C17H31N3O2/c1-16(15(18)21)6-2-3-7-17(16,14-4-12-22-13-5-14)20-10-8-19-9-11-20/h14,19H,2-13H2,1H3,(H2,18,21). The summed E-state index contributed by atoms with van der Waals surface area (Å²) in [6.07, 6.45) is 6.50. The topological polar surface area (TPSA) is 67.6 Å². The summed E-state index contributed by atoms with van der Waals surface area (Å²) in [5, 5.41) is 3.45. The average Bonchev–Trinajstić information content (AvgIpc) is 2.57. The van der Waals surface area contributed by atoms with Crippen molar-refractivity contribution >= 4 is 5.91 Å². The molecule has 3 aliphatic rings. The van der Waals surface area contributed by atoms with Crippen LogP contribution >= 0.6 is 0 Å². The molecule has 0 aromatic rings. The van der Waals surface area contributed by atoms with Gasteiger partial charge < -0.3 is 15.8 Å². The van der Waals surface area contributed by atoms with E-state index in [1.165, 1.54) is 6.42 Å². The van der Waals surface area contributed by atoms with Crippen LogP contribution in [0.5, 0.6) is 0 Å². The number of carbonyl (C=O) groups excluding carboxylic acids is 1. The van der Waals surface area contributed by atoms with Crippen LogP contribution in [-0.2, 0) is 9.53 Å². The molecule has 1 amide bonds. The molecule has 2 unspecified atom stereocenters. The zero-order chi connectivity index (χ0) is 15.6. The number of rotatable bonds is 3. The monoisotopic (exact) mass is 309 g/mol. The van der Waals surface area contributed by atoms with Crippen molar-refractivity contribution in [3.05, 3.63) is 0 Å². The molecule has 2 saturated heterocycles. The second-order valence-corrected chi connectivity index (χ2v) is 7.45. The third kappa shape index (κ3) is 2.47. The Morgan fingerprint density at radius 1 is 1.18 bits per heavy atom. The van der Waals surface area contributed by atoms with Gasteiger partial charge in [-0.2, -0.15) is 0 Å². The normalized spacial score (nSPS) is 38.8. The highest BCUT2D eigenvalue weighted by Gasteiger charge is 2.60. The molecule has 0 aromatic heterocycles. The minimum atomic E-state index is -0.412. The summed E-state index contributed by atoms with van der Waals surface area (Å²) in [5.74, 6) is 0.425.